The van der Waals surface area contributed by atoms with Crippen LogP contribution in [0.1, 0.15) is 6.92 Å². The maximum Gasteiger partial charge on any atom is 0.341 e. The summed E-state index contributed by atoms with van der Waals surface area (Å²) in [6.45, 7) is 1.04. The molecule has 0 aliphatic heterocycles. The van der Waals surface area contributed by atoms with Gasteiger partial charge in [0.05, 0.1) is 0 Å². The van der Waals surface area contributed by atoms with Crippen LogP contribution in [0, 0.1) is 0 Å². The Morgan fingerprint density at radius 2 is 1.88 bits per heavy atom. The maximum absolute atomic E-state index is 10.7. The fourth-order valence-corrected chi connectivity index (χ4v) is 0.983. The van der Waals surface area contributed by atoms with E-state index in [1.54, 1.807) is 24.3 Å². The molecule has 0 unspecified atom stereocenters. The van der Waals surface area contributed by atoms with Crippen LogP contribution >= 0.6 is 0 Å². The third-order valence-electron chi connectivity index (χ3n) is 1.54. The first-order valence-corrected chi connectivity index (χ1v) is 4.30. The Labute approximate surface area is 115 Å². The summed E-state index contributed by atoms with van der Waals surface area (Å²) in [4.78, 5) is 20.9. The number of benzene rings is 1. The number of ether oxygens (including phenoxy) is 1. The van der Waals surface area contributed by atoms with Gasteiger partial charge in [0, 0.05) is 42.2 Å². The summed E-state index contributed by atoms with van der Waals surface area (Å²) >= 11 is 0. The number of rotatable bonds is 4. The van der Waals surface area contributed by atoms with E-state index in [0.29, 0.717) is 11.4 Å². The summed E-state index contributed by atoms with van der Waals surface area (Å²) in [6, 6.07) is 6.46. The van der Waals surface area contributed by atoms with Gasteiger partial charge in [0.15, 0.2) is 6.61 Å². The van der Waals surface area contributed by atoms with E-state index in [-0.39, 0.29) is 42.1 Å². The van der Waals surface area contributed by atoms with Crippen molar-refractivity contribution in [2.75, 3.05) is 11.9 Å². The Morgan fingerprint density at radius 3 is 2.31 bits per heavy atom. The Balaban J connectivity index is 0.00000225. The molecule has 0 atom stereocenters. The maximum atomic E-state index is 10.7. The van der Waals surface area contributed by atoms with Crippen molar-refractivity contribution in [1.82, 2.24) is 0 Å². The van der Waals surface area contributed by atoms with E-state index in [2.05, 4.69) is 5.32 Å². The van der Waals surface area contributed by atoms with Crippen LogP contribution in [0.5, 0.6) is 5.75 Å². The Hall–Kier alpha value is -1.04. The minimum Gasteiger partial charge on any atom is -0.482 e. The molecule has 2 N–H and O–H groups in total. The van der Waals surface area contributed by atoms with Gasteiger partial charge in [-0.05, 0) is 24.3 Å². The molecule has 0 bridgehead atoms. The first-order valence-electron chi connectivity index (χ1n) is 4.30. The molecule has 0 aliphatic rings. The molecule has 0 aromatic heterocycles. The van der Waals surface area contributed by atoms with Crippen LogP contribution in [0.3, 0.4) is 0 Å². The minimum absolute atomic E-state index is 0. The van der Waals surface area contributed by atoms with Gasteiger partial charge in [0.1, 0.15) is 5.75 Å². The Morgan fingerprint density at radius 1 is 1.31 bits per heavy atom. The van der Waals surface area contributed by atoms with Gasteiger partial charge in [-0.15, -0.1) is 0 Å². The molecular weight excluding hydrogens is 221 g/mol. The average Bonchev–Trinajstić information content (AvgIpc) is 2.16. The molecule has 16 heavy (non-hydrogen) atoms. The number of carboxylic acids is 1. The van der Waals surface area contributed by atoms with E-state index in [1.165, 1.54) is 6.92 Å². The van der Waals surface area contributed by atoms with Crippen LogP contribution in [0.4, 0.5) is 5.69 Å². The van der Waals surface area contributed by atoms with Crippen molar-refractivity contribution >= 4 is 47.1 Å². The number of hydrogen-bond acceptors (Lipinski definition) is 3. The summed E-state index contributed by atoms with van der Waals surface area (Å²) < 4.78 is 4.92. The molecular formula is C10H11NNaO4. The van der Waals surface area contributed by atoms with Crippen molar-refractivity contribution in [3.05, 3.63) is 24.3 Å². The second-order valence-corrected chi connectivity index (χ2v) is 2.89. The smallest absolute Gasteiger partial charge is 0.341 e. The molecule has 1 aromatic rings. The summed E-state index contributed by atoms with van der Waals surface area (Å²) in [5, 5.41) is 11.0. The van der Waals surface area contributed by atoms with Crippen LogP contribution in [-0.2, 0) is 9.59 Å². The van der Waals surface area contributed by atoms with Crippen LogP contribution in [0.15, 0.2) is 24.3 Å². The molecule has 1 rings (SSSR count). The van der Waals surface area contributed by atoms with Crippen molar-refractivity contribution in [2.24, 2.45) is 0 Å². The van der Waals surface area contributed by atoms with E-state index in [1.807, 2.05) is 0 Å². The molecule has 1 radical (unpaired) electrons. The SMILES string of the molecule is CC(=O)Nc1ccc(OCC(=O)O)cc1.[Na]. The van der Waals surface area contributed by atoms with Gasteiger partial charge in [-0.1, -0.05) is 0 Å². The number of nitrogens with one attached hydrogen (secondary N) is 1. The first-order chi connectivity index (χ1) is 7.08. The third kappa shape index (κ3) is 5.75. The third-order valence-corrected chi connectivity index (χ3v) is 1.54. The van der Waals surface area contributed by atoms with Gasteiger partial charge < -0.3 is 15.2 Å². The van der Waals surface area contributed by atoms with Gasteiger partial charge in [-0.25, -0.2) is 4.79 Å². The van der Waals surface area contributed by atoms with Gasteiger partial charge in [0.25, 0.3) is 0 Å². The van der Waals surface area contributed by atoms with Crippen LogP contribution in [-0.4, -0.2) is 53.1 Å². The van der Waals surface area contributed by atoms with Gasteiger partial charge in [-0.3, -0.25) is 4.79 Å². The fraction of sp³-hybridized carbons (Fsp3) is 0.200. The fourth-order valence-electron chi connectivity index (χ4n) is 0.983. The van der Waals surface area contributed by atoms with Crippen LogP contribution in [0.2, 0.25) is 0 Å². The molecule has 6 heteroatoms. The number of amides is 1. The number of hydrogen-bond donors (Lipinski definition) is 2. The van der Waals surface area contributed by atoms with E-state index < -0.39 is 5.97 Å². The molecule has 0 fully saturated rings. The largest absolute Gasteiger partial charge is 0.482 e. The number of carbonyl (C=O) groups excluding carboxylic acids is 1. The second-order valence-electron chi connectivity index (χ2n) is 2.89. The van der Waals surface area contributed by atoms with E-state index in [0.717, 1.165) is 0 Å². The van der Waals surface area contributed by atoms with Gasteiger partial charge in [-0.2, -0.15) is 0 Å². The van der Waals surface area contributed by atoms with Crippen molar-refractivity contribution < 1.29 is 19.4 Å². The van der Waals surface area contributed by atoms with Crippen LogP contribution in [0.25, 0.3) is 0 Å². The number of anilines is 1. The minimum atomic E-state index is -1.03. The topological polar surface area (TPSA) is 75.6 Å². The predicted octanol–water partition coefficient (Wildman–Crippen LogP) is 0.728. The van der Waals surface area contributed by atoms with Crippen LogP contribution < -0.4 is 10.1 Å². The number of aliphatic carboxylic acids is 1. The molecule has 0 spiro atoms. The molecule has 0 saturated carbocycles. The summed E-state index contributed by atoms with van der Waals surface area (Å²) in [5.41, 5.74) is 0.644. The van der Waals surface area contributed by atoms with Gasteiger partial charge in [0.2, 0.25) is 5.91 Å². The molecule has 81 valence electrons. The van der Waals surface area contributed by atoms with E-state index in [9.17, 15) is 9.59 Å². The monoisotopic (exact) mass is 232 g/mol. The van der Waals surface area contributed by atoms with E-state index >= 15 is 0 Å². The summed E-state index contributed by atoms with van der Waals surface area (Å²) in [5.74, 6) is -0.735. The Bertz CT molecular complexity index is 364. The van der Waals surface area contributed by atoms with Crippen molar-refractivity contribution in [2.45, 2.75) is 6.92 Å². The molecule has 1 amide bonds. The van der Waals surface area contributed by atoms with Crippen molar-refractivity contribution in [3.8, 4) is 5.75 Å². The normalized spacial score (nSPS) is 8.81. The van der Waals surface area contributed by atoms with E-state index in [4.69, 9.17) is 9.84 Å². The summed E-state index contributed by atoms with van der Waals surface area (Å²) in [6.07, 6.45) is 0. The average molecular weight is 232 g/mol. The summed E-state index contributed by atoms with van der Waals surface area (Å²) in [7, 11) is 0. The molecule has 0 heterocycles. The molecule has 0 aliphatic carbocycles. The molecule has 1 aromatic carbocycles. The van der Waals surface area contributed by atoms with Crippen molar-refractivity contribution in [1.29, 1.82) is 0 Å². The first kappa shape index (κ1) is 15.0. The second kappa shape index (κ2) is 7.27. The standard InChI is InChI=1S/C10H11NO4.Na/c1-7(12)11-8-2-4-9(5-3-8)15-6-10(13)14;/h2-5H,6H2,1H3,(H,11,12)(H,13,14);. The molecule has 5 nitrogen and oxygen atoms in total. The molecule has 0 saturated heterocycles. The number of carbonyl (C=O) groups is 2. The Kier molecular flexibility index (Phi) is 6.80. The quantitative estimate of drug-likeness (QED) is 0.750. The zero-order chi connectivity index (χ0) is 11.3. The predicted molar refractivity (Wildman–Crippen MR) is 59.6 cm³/mol. The van der Waals surface area contributed by atoms with Gasteiger partial charge >= 0.3 is 5.97 Å². The number of carboxylic acid groups (broad SMARTS) is 1. The zero-order valence-corrected chi connectivity index (χ0v) is 11.2. The van der Waals surface area contributed by atoms with Crippen molar-refractivity contribution in [3.63, 3.8) is 0 Å². The zero-order valence-electron chi connectivity index (χ0n) is 9.19.